The van der Waals surface area contributed by atoms with E-state index in [1.54, 1.807) is 25.4 Å². The van der Waals surface area contributed by atoms with Crippen LogP contribution in [0.2, 0.25) is 0 Å². The number of hydrogen-bond acceptors (Lipinski definition) is 5. The Hall–Kier alpha value is -3.20. The molecule has 1 saturated carbocycles. The first kappa shape index (κ1) is 25.9. The van der Waals surface area contributed by atoms with Crippen molar-refractivity contribution in [3.63, 3.8) is 0 Å². The maximum Gasteiger partial charge on any atom is 0.395 e. The van der Waals surface area contributed by atoms with Gasteiger partial charge in [-0.1, -0.05) is 12.1 Å². The number of halogens is 3. The van der Waals surface area contributed by atoms with Crippen molar-refractivity contribution in [1.82, 2.24) is 20.2 Å². The van der Waals surface area contributed by atoms with E-state index in [1.807, 2.05) is 43.3 Å². The van der Waals surface area contributed by atoms with Crippen molar-refractivity contribution in [2.75, 3.05) is 27.7 Å². The molecular weight excluding hydrogens is 469 g/mol. The van der Waals surface area contributed by atoms with Gasteiger partial charge in [0.05, 0.1) is 18.0 Å². The summed E-state index contributed by atoms with van der Waals surface area (Å²) < 4.78 is 47.0. The smallest absolute Gasteiger partial charge is 0.395 e. The second-order valence-corrected chi connectivity index (χ2v) is 9.70. The van der Waals surface area contributed by atoms with Gasteiger partial charge in [-0.3, -0.25) is 9.78 Å². The number of fused-ring (bicyclic) bond motifs is 1. The summed E-state index contributed by atoms with van der Waals surface area (Å²) in [6, 6.07) is 13.0. The van der Waals surface area contributed by atoms with Gasteiger partial charge in [-0.15, -0.1) is 0 Å². The number of carbonyl (C=O) groups is 1. The number of carbonyl (C=O) groups excluding carboxylic acids is 1. The van der Waals surface area contributed by atoms with Crippen LogP contribution in [0, 0.1) is 5.41 Å². The molecule has 36 heavy (non-hydrogen) atoms. The van der Waals surface area contributed by atoms with E-state index in [9.17, 15) is 18.0 Å². The molecule has 2 heterocycles. The van der Waals surface area contributed by atoms with Crippen molar-refractivity contribution < 1.29 is 22.7 Å². The fourth-order valence-corrected chi connectivity index (χ4v) is 4.82. The van der Waals surface area contributed by atoms with E-state index in [0.29, 0.717) is 24.4 Å². The summed E-state index contributed by atoms with van der Waals surface area (Å²) in [6.45, 7) is 0.343. The summed E-state index contributed by atoms with van der Waals surface area (Å²) >= 11 is 0. The first-order chi connectivity index (χ1) is 17.1. The number of aromatic nitrogens is 2. The number of likely N-dealkylation sites (N-methyl/N-ethyl adjacent to an activating group) is 1. The highest BCUT2D eigenvalue weighted by molar-refractivity contribution is 5.80. The molecule has 6 nitrogen and oxygen atoms in total. The summed E-state index contributed by atoms with van der Waals surface area (Å²) in [6.07, 6.45) is -1.06. The highest BCUT2D eigenvalue weighted by Gasteiger charge is 2.70. The molecule has 0 aliphatic heterocycles. The molecule has 9 heteroatoms. The molecular formula is C27H31F3N4O2. The minimum Gasteiger partial charge on any atom is -0.481 e. The Bertz CT molecular complexity index is 1200. The minimum absolute atomic E-state index is 0.00150. The maximum atomic E-state index is 13.9. The van der Waals surface area contributed by atoms with Crippen LogP contribution in [0.5, 0.6) is 5.88 Å². The molecule has 2 unspecified atom stereocenters. The molecule has 1 N–H and O–H groups in total. The zero-order valence-corrected chi connectivity index (χ0v) is 20.7. The van der Waals surface area contributed by atoms with Crippen molar-refractivity contribution in [2.45, 2.75) is 43.8 Å². The molecule has 1 fully saturated rings. The molecule has 0 bridgehead atoms. The quantitative estimate of drug-likeness (QED) is 0.436. The number of methoxy groups -OCH3 is 1. The Morgan fingerprint density at radius 3 is 2.72 bits per heavy atom. The van der Waals surface area contributed by atoms with E-state index in [1.165, 1.54) is 6.20 Å². The molecule has 0 radical (unpaired) electrons. The number of hydrogen-bond donors (Lipinski definition) is 1. The number of nitrogens with zero attached hydrogens (tertiary/aromatic N) is 3. The van der Waals surface area contributed by atoms with Gasteiger partial charge in [-0.25, -0.2) is 4.98 Å². The van der Waals surface area contributed by atoms with Crippen molar-refractivity contribution in [3.8, 4) is 5.88 Å². The molecule has 0 spiro atoms. The lowest BCUT2D eigenvalue weighted by molar-refractivity contribution is -0.191. The fourth-order valence-electron chi connectivity index (χ4n) is 4.82. The average Bonchev–Trinajstić information content (AvgIpc) is 3.61. The Labute approximate surface area is 208 Å². The Kier molecular flexibility index (Phi) is 7.49. The molecule has 1 amide bonds. The van der Waals surface area contributed by atoms with Gasteiger partial charge in [0.25, 0.3) is 0 Å². The van der Waals surface area contributed by atoms with E-state index in [0.717, 1.165) is 16.5 Å². The molecule has 2 aromatic heterocycles. The van der Waals surface area contributed by atoms with Gasteiger partial charge in [-0.2, -0.15) is 13.2 Å². The van der Waals surface area contributed by atoms with Crippen molar-refractivity contribution >= 4 is 16.8 Å². The van der Waals surface area contributed by atoms with Gasteiger partial charge >= 0.3 is 6.18 Å². The SMILES string of the molecule is COc1ccc2cc(C[C@@H](CNC(=O)CCC3(C(F)(F)F)CC3c3cccnc3)N(C)C)ccc2n1. The minimum atomic E-state index is -4.37. The highest BCUT2D eigenvalue weighted by Crippen LogP contribution is 2.69. The molecule has 0 saturated heterocycles. The summed E-state index contributed by atoms with van der Waals surface area (Å²) in [7, 11) is 5.42. The molecule has 4 rings (SSSR count). The first-order valence-electron chi connectivity index (χ1n) is 12.0. The lowest BCUT2D eigenvalue weighted by Gasteiger charge is -2.25. The van der Waals surface area contributed by atoms with Crippen LogP contribution in [-0.2, 0) is 11.2 Å². The number of benzene rings is 1. The molecule has 1 aromatic carbocycles. The lowest BCUT2D eigenvalue weighted by Crippen LogP contribution is -2.42. The van der Waals surface area contributed by atoms with Crippen molar-refractivity contribution in [2.24, 2.45) is 5.41 Å². The number of alkyl halides is 3. The van der Waals surface area contributed by atoms with Gasteiger partial charge in [-0.05, 0) is 68.8 Å². The van der Waals surface area contributed by atoms with E-state index < -0.39 is 17.5 Å². The van der Waals surface area contributed by atoms with Gasteiger partial charge in [0.1, 0.15) is 0 Å². The summed E-state index contributed by atoms with van der Waals surface area (Å²) in [4.78, 5) is 23.0. The number of ether oxygens (including phenoxy) is 1. The second-order valence-electron chi connectivity index (χ2n) is 9.70. The topological polar surface area (TPSA) is 67.3 Å². The van der Waals surface area contributed by atoms with Crippen LogP contribution in [0.15, 0.2) is 54.9 Å². The normalized spacial score (nSPS) is 20.4. The van der Waals surface area contributed by atoms with Crippen LogP contribution in [-0.4, -0.2) is 60.7 Å². The second kappa shape index (κ2) is 10.4. The Morgan fingerprint density at radius 2 is 2.06 bits per heavy atom. The third kappa shape index (κ3) is 5.61. The fraction of sp³-hybridized carbons (Fsp3) is 0.444. The standard InChI is InChI=1S/C27H31F3N4O2/c1-34(2)21(14-18-6-8-23-19(13-18)7-9-25(33-23)36-3)17-32-24(35)10-11-26(27(28,29)30)15-22(26)20-5-4-12-31-16-20/h4-9,12-13,16,21-22H,10-11,14-15,17H2,1-3H3,(H,32,35)/t21-,22?,26?/m0/s1. The number of nitrogens with one attached hydrogen (secondary N) is 1. The summed E-state index contributed by atoms with van der Waals surface area (Å²) in [5.41, 5.74) is 0.634. The molecule has 1 aliphatic carbocycles. The highest BCUT2D eigenvalue weighted by atomic mass is 19.4. The summed E-state index contributed by atoms with van der Waals surface area (Å²) in [5.74, 6) is -0.456. The van der Waals surface area contributed by atoms with Crippen molar-refractivity contribution in [1.29, 1.82) is 0 Å². The third-order valence-electron chi connectivity index (χ3n) is 7.20. The zero-order valence-electron chi connectivity index (χ0n) is 20.7. The largest absolute Gasteiger partial charge is 0.481 e. The molecule has 3 aromatic rings. The number of pyridine rings is 2. The van der Waals surface area contributed by atoms with Gasteiger partial charge in [0, 0.05) is 48.8 Å². The van der Waals surface area contributed by atoms with Crippen LogP contribution in [0.25, 0.3) is 10.9 Å². The van der Waals surface area contributed by atoms with Gasteiger partial charge < -0.3 is 15.0 Å². The number of rotatable bonds is 10. The maximum absolute atomic E-state index is 13.9. The van der Waals surface area contributed by atoms with E-state index in [2.05, 4.69) is 21.4 Å². The lowest BCUT2D eigenvalue weighted by atomic mass is 9.93. The average molecular weight is 501 g/mol. The van der Waals surface area contributed by atoms with Crippen LogP contribution in [0.4, 0.5) is 13.2 Å². The van der Waals surface area contributed by atoms with E-state index >= 15 is 0 Å². The molecule has 1 aliphatic rings. The van der Waals surface area contributed by atoms with Gasteiger partial charge in [0.15, 0.2) is 0 Å². The zero-order chi connectivity index (χ0) is 25.9. The monoisotopic (exact) mass is 500 g/mol. The van der Waals surface area contributed by atoms with Crippen LogP contribution in [0.1, 0.15) is 36.3 Å². The van der Waals surface area contributed by atoms with Crippen LogP contribution >= 0.6 is 0 Å². The van der Waals surface area contributed by atoms with Crippen molar-refractivity contribution in [3.05, 3.63) is 66.0 Å². The third-order valence-corrected chi connectivity index (χ3v) is 7.20. The predicted molar refractivity (Wildman–Crippen MR) is 132 cm³/mol. The first-order valence-corrected chi connectivity index (χ1v) is 12.0. The molecule has 192 valence electrons. The van der Waals surface area contributed by atoms with Crippen LogP contribution < -0.4 is 10.1 Å². The van der Waals surface area contributed by atoms with E-state index in [-0.39, 0.29) is 31.2 Å². The Morgan fingerprint density at radius 1 is 1.25 bits per heavy atom. The van der Waals surface area contributed by atoms with E-state index in [4.69, 9.17) is 4.74 Å². The number of amides is 1. The van der Waals surface area contributed by atoms with Crippen LogP contribution in [0.3, 0.4) is 0 Å². The molecule has 3 atom stereocenters. The summed E-state index contributed by atoms with van der Waals surface area (Å²) in [5, 5.41) is 3.84. The Balaban J connectivity index is 1.34. The van der Waals surface area contributed by atoms with Gasteiger partial charge in [0.2, 0.25) is 11.8 Å². The predicted octanol–water partition coefficient (Wildman–Crippen LogP) is 4.74.